The second-order valence-corrected chi connectivity index (χ2v) is 5.94. The van der Waals surface area contributed by atoms with E-state index in [1.165, 1.54) is 77.5 Å². The van der Waals surface area contributed by atoms with Gasteiger partial charge in [0.25, 0.3) is 0 Å². The van der Waals surface area contributed by atoms with Crippen LogP contribution in [0.5, 0.6) is 0 Å². The van der Waals surface area contributed by atoms with Crippen molar-refractivity contribution in [3.63, 3.8) is 0 Å². The third-order valence-electron chi connectivity index (χ3n) is 4.87. The van der Waals surface area contributed by atoms with Crippen LogP contribution in [0.25, 0.3) is 0 Å². The highest BCUT2D eigenvalue weighted by molar-refractivity contribution is 4.88. The van der Waals surface area contributed by atoms with Crippen molar-refractivity contribution in [1.29, 1.82) is 0 Å². The first kappa shape index (κ1) is 13.3. The minimum atomic E-state index is 0.675. The van der Waals surface area contributed by atoms with E-state index in [2.05, 4.69) is 5.32 Å². The molecule has 3 heteroatoms. The van der Waals surface area contributed by atoms with Crippen molar-refractivity contribution in [3.05, 3.63) is 0 Å². The molecule has 0 saturated carbocycles. The summed E-state index contributed by atoms with van der Waals surface area (Å²) in [6.07, 6.45) is 11.2. The summed E-state index contributed by atoms with van der Waals surface area (Å²) < 4.78 is 0. The van der Waals surface area contributed by atoms with E-state index >= 15 is 0 Å². The molecule has 2 atom stereocenters. The molecule has 0 amide bonds. The molecule has 0 aromatic rings. The molecule has 0 spiro atoms. The fourth-order valence-electron chi connectivity index (χ4n) is 3.67. The Morgan fingerprint density at radius 1 is 0.941 bits per heavy atom. The normalized spacial score (nSPS) is 36.2. The quantitative estimate of drug-likeness (QED) is 0.650. The van der Waals surface area contributed by atoms with Crippen LogP contribution in [-0.4, -0.2) is 38.3 Å². The molecule has 0 aromatic carbocycles. The Hall–Kier alpha value is -0.120. The average Bonchev–Trinajstić information content (AvgIpc) is 2.58. The second-order valence-electron chi connectivity index (χ2n) is 5.94. The lowest BCUT2D eigenvalue weighted by Gasteiger charge is -2.44. The fourth-order valence-corrected chi connectivity index (χ4v) is 3.67. The number of nitrogens with two attached hydrogens (primary N) is 1. The molecule has 17 heavy (non-hydrogen) atoms. The summed E-state index contributed by atoms with van der Waals surface area (Å²) in [6.45, 7) is 6.23. The Labute approximate surface area is 106 Å². The molecule has 2 unspecified atom stereocenters. The minimum absolute atomic E-state index is 0.675. The van der Waals surface area contributed by atoms with Gasteiger partial charge in [0.05, 0.1) is 19.5 Å². The van der Waals surface area contributed by atoms with Gasteiger partial charge in [-0.15, -0.1) is 0 Å². The smallest absolute Gasteiger partial charge is 0.105 e. The van der Waals surface area contributed by atoms with Gasteiger partial charge in [0.1, 0.15) is 5.54 Å². The van der Waals surface area contributed by atoms with Crippen LogP contribution in [0.3, 0.4) is 0 Å². The molecule has 4 N–H and O–H groups in total. The van der Waals surface area contributed by atoms with E-state index < -0.39 is 0 Å². The van der Waals surface area contributed by atoms with E-state index in [1.807, 2.05) is 4.90 Å². The summed E-state index contributed by atoms with van der Waals surface area (Å²) >= 11 is 0. The summed E-state index contributed by atoms with van der Waals surface area (Å²) in [7, 11) is 0. The minimum Gasteiger partial charge on any atom is -0.330 e. The average molecular weight is 240 g/mol. The van der Waals surface area contributed by atoms with Crippen LogP contribution in [0.4, 0.5) is 0 Å². The fraction of sp³-hybridized carbons (Fsp3) is 1.00. The van der Waals surface area contributed by atoms with Crippen molar-refractivity contribution >= 4 is 0 Å². The van der Waals surface area contributed by atoms with Crippen LogP contribution >= 0.6 is 0 Å². The zero-order valence-electron chi connectivity index (χ0n) is 11.3. The lowest BCUT2D eigenvalue weighted by atomic mass is 9.82. The van der Waals surface area contributed by atoms with Crippen LogP contribution < -0.4 is 16.0 Å². The zero-order chi connectivity index (χ0) is 12.0. The third-order valence-corrected chi connectivity index (χ3v) is 4.87. The molecule has 3 aliphatic rings. The molecule has 3 aliphatic heterocycles. The highest BCUT2D eigenvalue weighted by Crippen LogP contribution is 2.26. The second kappa shape index (κ2) is 6.72. The molecule has 3 fully saturated rings. The number of nitrogens with one attached hydrogen (secondary N) is 2. The maximum atomic E-state index is 5.58. The summed E-state index contributed by atoms with van der Waals surface area (Å²) in [6, 6.07) is 0. The highest BCUT2D eigenvalue weighted by Gasteiger charge is 2.51. The molecule has 3 nitrogen and oxygen atoms in total. The summed E-state index contributed by atoms with van der Waals surface area (Å²) in [5.41, 5.74) is 6.25. The van der Waals surface area contributed by atoms with E-state index in [4.69, 9.17) is 5.73 Å². The lowest BCUT2D eigenvalue weighted by molar-refractivity contribution is -0.983. The number of fused-ring (bicyclic) bond motifs is 1. The molecule has 100 valence electrons. The van der Waals surface area contributed by atoms with E-state index in [-0.39, 0.29) is 0 Å². The van der Waals surface area contributed by atoms with Gasteiger partial charge in [-0.2, -0.15) is 0 Å². The molecule has 0 aliphatic carbocycles. The van der Waals surface area contributed by atoms with Crippen LogP contribution in [-0.2, 0) is 0 Å². The van der Waals surface area contributed by atoms with Gasteiger partial charge < -0.3 is 16.0 Å². The van der Waals surface area contributed by atoms with E-state index in [0.717, 1.165) is 6.54 Å². The Bertz CT molecular complexity index is 200. The molecule has 3 saturated heterocycles. The van der Waals surface area contributed by atoms with Crippen molar-refractivity contribution in [3.8, 4) is 0 Å². The molecule has 3 rings (SSSR count). The van der Waals surface area contributed by atoms with Crippen LogP contribution in [0.15, 0.2) is 0 Å². The molecule has 3 heterocycles. The Balaban J connectivity index is 0.000000136. The van der Waals surface area contributed by atoms with Crippen molar-refractivity contribution in [2.45, 2.75) is 56.9 Å². The first-order valence-electron chi connectivity index (χ1n) is 7.63. The highest BCUT2D eigenvalue weighted by atomic mass is 15.3. The molecular formula is C14H30N3+. The Kier molecular flexibility index (Phi) is 5.26. The van der Waals surface area contributed by atoms with Crippen molar-refractivity contribution in [2.24, 2.45) is 5.73 Å². The van der Waals surface area contributed by atoms with Gasteiger partial charge in [-0.3, -0.25) is 0 Å². The van der Waals surface area contributed by atoms with E-state index in [0.29, 0.717) is 5.54 Å². The lowest BCUT2D eigenvalue weighted by Crippen LogP contribution is -3.24. The summed E-state index contributed by atoms with van der Waals surface area (Å²) in [5.74, 6) is 0. The van der Waals surface area contributed by atoms with Crippen molar-refractivity contribution in [1.82, 2.24) is 5.32 Å². The number of hydrogen-bond acceptors (Lipinski definition) is 2. The predicted octanol–water partition coefficient (Wildman–Crippen LogP) is 0.306. The van der Waals surface area contributed by atoms with Gasteiger partial charge in [0, 0.05) is 19.3 Å². The van der Waals surface area contributed by atoms with Gasteiger partial charge in [-0.1, -0.05) is 12.8 Å². The SMILES string of the molecule is C1CCCNCC1.NCCC12CCC[NH+]1CC2. The zero-order valence-corrected chi connectivity index (χ0v) is 11.3. The first-order chi connectivity index (χ1) is 8.37. The third kappa shape index (κ3) is 3.43. The van der Waals surface area contributed by atoms with E-state index in [1.54, 1.807) is 0 Å². The molecular weight excluding hydrogens is 210 g/mol. The van der Waals surface area contributed by atoms with Crippen molar-refractivity contribution < 1.29 is 4.90 Å². The Morgan fingerprint density at radius 3 is 2.24 bits per heavy atom. The maximum Gasteiger partial charge on any atom is 0.105 e. The van der Waals surface area contributed by atoms with Crippen LogP contribution in [0.2, 0.25) is 0 Å². The molecule has 0 aromatic heterocycles. The van der Waals surface area contributed by atoms with Gasteiger partial charge in [0.2, 0.25) is 0 Å². The maximum absolute atomic E-state index is 5.58. The Morgan fingerprint density at radius 2 is 1.71 bits per heavy atom. The standard InChI is InChI=1S/C8H16N2.C6H13N/c9-5-3-8-2-1-6-10(8)7-4-8;1-2-4-6-7-5-3-1/h1-7,9H2;7H,1-6H2/p+1. The van der Waals surface area contributed by atoms with Crippen LogP contribution in [0, 0.1) is 0 Å². The topological polar surface area (TPSA) is 42.5 Å². The van der Waals surface area contributed by atoms with Crippen LogP contribution in [0.1, 0.15) is 51.4 Å². The summed E-state index contributed by atoms with van der Waals surface area (Å²) in [5, 5.41) is 3.35. The number of hydrogen-bond donors (Lipinski definition) is 3. The first-order valence-corrected chi connectivity index (χ1v) is 7.63. The molecule has 0 radical (unpaired) electrons. The largest absolute Gasteiger partial charge is 0.330 e. The van der Waals surface area contributed by atoms with Gasteiger partial charge in [0.15, 0.2) is 0 Å². The number of rotatable bonds is 2. The monoisotopic (exact) mass is 240 g/mol. The van der Waals surface area contributed by atoms with E-state index in [9.17, 15) is 0 Å². The van der Waals surface area contributed by atoms with Gasteiger partial charge in [-0.05, 0) is 32.5 Å². The number of quaternary nitrogens is 1. The predicted molar refractivity (Wildman–Crippen MR) is 72.3 cm³/mol. The molecule has 0 bridgehead atoms. The summed E-state index contributed by atoms with van der Waals surface area (Å²) in [4.78, 5) is 1.85. The van der Waals surface area contributed by atoms with Crippen molar-refractivity contribution in [2.75, 3.05) is 32.7 Å². The van der Waals surface area contributed by atoms with Gasteiger partial charge in [-0.25, -0.2) is 0 Å². The van der Waals surface area contributed by atoms with Gasteiger partial charge >= 0.3 is 0 Å².